The van der Waals surface area contributed by atoms with E-state index < -0.39 is 0 Å². The summed E-state index contributed by atoms with van der Waals surface area (Å²) in [7, 11) is 0. The average Bonchev–Trinajstić information content (AvgIpc) is 2.77. The van der Waals surface area contributed by atoms with Crippen molar-refractivity contribution in [2.45, 2.75) is 25.3 Å². The number of nitriles is 1. The third kappa shape index (κ3) is 3.42. The van der Waals surface area contributed by atoms with Gasteiger partial charge in [0.2, 0.25) is 5.91 Å². The molecule has 1 saturated heterocycles. The van der Waals surface area contributed by atoms with Crippen molar-refractivity contribution < 1.29 is 4.79 Å². The monoisotopic (exact) mass is 236 g/mol. The predicted molar refractivity (Wildman–Crippen MR) is 64.2 cm³/mol. The summed E-state index contributed by atoms with van der Waals surface area (Å²) in [4.78, 5) is 14.0. The van der Waals surface area contributed by atoms with E-state index in [0.29, 0.717) is 6.54 Å². The Morgan fingerprint density at radius 1 is 1.41 bits per heavy atom. The second-order valence-corrected chi connectivity index (χ2v) is 4.87. The number of nitrogens with one attached hydrogen (secondary N) is 2. The van der Waals surface area contributed by atoms with Gasteiger partial charge in [-0.15, -0.1) is 0 Å². The molecule has 0 bridgehead atoms. The molecule has 2 N–H and O–H groups in total. The van der Waals surface area contributed by atoms with Crippen molar-refractivity contribution >= 4 is 5.91 Å². The fourth-order valence-corrected chi connectivity index (χ4v) is 2.61. The molecule has 1 saturated carbocycles. The van der Waals surface area contributed by atoms with Crippen molar-refractivity contribution in [2.75, 3.05) is 32.7 Å². The SMILES string of the molecule is N#CC1CCCC1NC(=O)CN1CCNCC1. The molecule has 0 spiro atoms. The lowest BCUT2D eigenvalue weighted by atomic mass is 10.1. The number of hydrogen-bond donors (Lipinski definition) is 2. The molecule has 2 aliphatic rings. The van der Waals surface area contributed by atoms with Crippen LogP contribution in [0.1, 0.15) is 19.3 Å². The van der Waals surface area contributed by atoms with Crippen LogP contribution in [0.15, 0.2) is 0 Å². The molecule has 5 heteroatoms. The maximum Gasteiger partial charge on any atom is 0.234 e. The first-order valence-electron chi connectivity index (χ1n) is 6.41. The van der Waals surface area contributed by atoms with E-state index in [4.69, 9.17) is 5.26 Å². The number of carbonyl (C=O) groups excluding carboxylic acids is 1. The van der Waals surface area contributed by atoms with Gasteiger partial charge >= 0.3 is 0 Å². The summed E-state index contributed by atoms with van der Waals surface area (Å²) in [5.74, 6) is 0.0843. The summed E-state index contributed by atoms with van der Waals surface area (Å²) >= 11 is 0. The largest absolute Gasteiger partial charge is 0.351 e. The Labute approximate surface area is 102 Å². The predicted octanol–water partition coefficient (Wildman–Crippen LogP) is -0.300. The number of nitrogens with zero attached hydrogens (tertiary/aromatic N) is 2. The molecule has 94 valence electrons. The topological polar surface area (TPSA) is 68.2 Å². The third-order valence-corrected chi connectivity index (χ3v) is 3.60. The Bertz CT molecular complexity index is 306. The quantitative estimate of drug-likeness (QED) is 0.706. The molecule has 0 aromatic heterocycles. The van der Waals surface area contributed by atoms with Crippen LogP contribution in [0.3, 0.4) is 0 Å². The second-order valence-electron chi connectivity index (χ2n) is 4.87. The van der Waals surface area contributed by atoms with Crippen LogP contribution < -0.4 is 10.6 Å². The first-order chi connectivity index (χ1) is 8.29. The summed E-state index contributed by atoms with van der Waals surface area (Å²) in [6.07, 6.45) is 2.93. The molecule has 1 heterocycles. The van der Waals surface area contributed by atoms with Gasteiger partial charge in [-0.05, 0) is 19.3 Å². The van der Waals surface area contributed by atoms with Gasteiger partial charge in [0.05, 0.1) is 18.5 Å². The molecule has 1 aliphatic heterocycles. The van der Waals surface area contributed by atoms with Crippen LogP contribution in [0.25, 0.3) is 0 Å². The zero-order chi connectivity index (χ0) is 12.1. The van der Waals surface area contributed by atoms with Crippen LogP contribution in [-0.4, -0.2) is 49.6 Å². The zero-order valence-corrected chi connectivity index (χ0v) is 10.1. The normalized spacial score (nSPS) is 29.8. The van der Waals surface area contributed by atoms with Gasteiger partial charge in [0.15, 0.2) is 0 Å². The summed E-state index contributed by atoms with van der Waals surface area (Å²) in [6, 6.07) is 2.36. The molecule has 2 unspecified atom stereocenters. The molecule has 17 heavy (non-hydrogen) atoms. The van der Waals surface area contributed by atoms with Crippen LogP contribution >= 0.6 is 0 Å². The maximum atomic E-state index is 11.8. The molecule has 0 aromatic carbocycles. The number of hydrogen-bond acceptors (Lipinski definition) is 4. The van der Waals surface area contributed by atoms with Crippen LogP contribution in [0, 0.1) is 17.2 Å². The van der Waals surface area contributed by atoms with Gasteiger partial charge in [-0.3, -0.25) is 9.69 Å². The van der Waals surface area contributed by atoms with Crippen LogP contribution in [0.5, 0.6) is 0 Å². The molecule has 5 nitrogen and oxygen atoms in total. The van der Waals surface area contributed by atoms with Crippen molar-refractivity contribution in [2.24, 2.45) is 5.92 Å². The zero-order valence-electron chi connectivity index (χ0n) is 10.1. The van der Waals surface area contributed by atoms with Gasteiger partial charge in [-0.1, -0.05) is 0 Å². The standard InChI is InChI=1S/C12H20N4O/c13-8-10-2-1-3-11(10)15-12(17)9-16-6-4-14-5-7-16/h10-11,14H,1-7,9H2,(H,15,17). The fourth-order valence-electron chi connectivity index (χ4n) is 2.61. The van der Waals surface area contributed by atoms with E-state index in [9.17, 15) is 4.79 Å². The number of piperazine rings is 1. The minimum Gasteiger partial charge on any atom is -0.351 e. The van der Waals surface area contributed by atoms with Crippen molar-refractivity contribution in [1.29, 1.82) is 5.26 Å². The van der Waals surface area contributed by atoms with E-state index in [1.807, 2.05) is 0 Å². The van der Waals surface area contributed by atoms with Gasteiger partial charge in [-0.2, -0.15) is 5.26 Å². The molecular weight excluding hydrogens is 216 g/mol. The number of rotatable bonds is 3. The minimum atomic E-state index is 0.0157. The Balaban J connectivity index is 1.75. The maximum absolute atomic E-state index is 11.8. The summed E-state index contributed by atoms with van der Waals surface area (Å²) < 4.78 is 0. The molecule has 1 aliphatic carbocycles. The Hall–Kier alpha value is -1.12. The average molecular weight is 236 g/mol. The van der Waals surface area contributed by atoms with Crippen molar-refractivity contribution in [3.8, 4) is 6.07 Å². The molecule has 0 aromatic rings. The highest BCUT2D eigenvalue weighted by Gasteiger charge is 2.28. The van der Waals surface area contributed by atoms with Crippen molar-refractivity contribution in [3.05, 3.63) is 0 Å². The van der Waals surface area contributed by atoms with E-state index in [2.05, 4.69) is 21.6 Å². The molecule has 2 fully saturated rings. The van der Waals surface area contributed by atoms with Gasteiger partial charge < -0.3 is 10.6 Å². The Morgan fingerprint density at radius 3 is 2.88 bits per heavy atom. The van der Waals surface area contributed by atoms with E-state index in [0.717, 1.165) is 45.4 Å². The highest BCUT2D eigenvalue weighted by molar-refractivity contribution is 5.78. The lowest BCUT2D eigenvalue weighted by molar-refractivity contribution is -0.123. The van der Waals surface area contributed by atoms with Crippen molar-refractivity contribution in [3.63, 3.8) is 0 Å². The first-order valence-corrected chi connectivity index (χ1v) is 6.41. The van der Waals surface area contributed by atoms with Gasteiger partial charge in [-0.25, -0.2) is 0 Å². The van der Waals surface area contributed by atoms with E-state index in [-0.39, 0.29) is 17.9 Å². The molecule has 2 atom stereocenters. The molecule has 1 amide bonds. The van der Waals surface area contributed by atoms with Crippen LogP contribution in [0.4, 0.5) is 0 Å². The Kier molecular flexibility index (Phi) is 4.35. The van der Waals surface area contributed by atoms with Gasteiger partial charge in [0, 0.05) is 32.2 Å². The number of amides is 1. The van der Waals surface area contributed by atoms with Crippen LogP contribution in [0.2, 0.25) is 0 Å². The summed E-state index contributed by atoms with van der Waals surface area (Å²) in [5, 5.41) is 15.2. The number of carbonyl (C=O) groups is 1. The van der Waals surface area contributed by atoms with Gasteiger partial charge in [0.25, 0.3) is 0 Å². The fraction of sp³-hybridized carbons (Fsp3) is 0.833. The van der Waals surface area contributed by atoms with Crippen molar-refractivity contribution in [1.82, 2.24) is 15.5 Å². The lowest BCUT2D eigenvalue weighted by Crippen LogP contribution is -2.49. The summed E-state index contributed by atoms with van der Waals surface area (Å²) in [5.41, 5.74) is 0. The van der Waals surface area contributed by atoms with Crippen LogP contribution in [-0.2, 0) is 4.79 Å². The molecular formula is C12H20N4O. The lowest BCUT2D eigenvalue weighted by Gasteiger charge is -2.27. The smallest absolute Gasteiger partial charge is 0.234 e. The Morgan fingerprint density at radius 2 is 2.18 bits per heavy atom. The summed E-state index contributed by atoms with van der Waals surface area (Å²) in [6.45, 7) is 4.24. The highest BCUT2D eigenvalue weighted by atomic mass is 16.2. The van der Waals surface area contributed by atoms with E-state index in [1.165, 1.54) is 0 Å². The molecule has 0 radical (unpaired) electrons. The molecule has 2 rings (SSSR count). The highest BCUT2D eigenvalue weighted by Crippen LogP contribution is 2.24. The van der Waals surface area contributed by atoms with E-state index >= 15 is 0 Å². The first kappa shape index (κ1) is 12.3. The van der Waals surface area contributed by atoms with Gasteiger partial charge in [0.1, 0.15) is 0 Å². The minimum absolute atomic E-state index is 0.0157. The van der Waals surface area contributed by atoms with E-state index in [1.54, 1.807) is 0 Å². The second kappa shape index (κ2) is 5.99. The third-order valence-electron chi connectivity index (χ3n) is 3.60.